The molecular weight excluding hydrogens is 375 g/mol. The van der Waals surface area contributed by atoms with Crippen molar-refractivity contribution in [3.05, 3.63) is 68.1 Å². The number of ether oxygens (including phenoxy) is 1. The third-order valence-corrected chi connectivity index (χ3v) is 4.69. The van der Waals surface area contributed by atoms with Crippen molar-refractivity contribution in [3.63, 3.8) is 0 Å². The highest BCUT2D eigenvalue weighted by Crippen LogP contribution is 2.23. The Morgan fingerprint density at radius 1 is 1.31 bits per heavy atom. The van der Waals surface area contributed by atoms with Gasteiger partial charge in [-0.05, 0) is 42.7 Å². The molecule has 0 aliphatic carbocycles. The SMILES string of the molecule is C=Cc1cc(C(=O)N(C)CCCc2ccc(Cl)c(Cl)c2)c(OC)c(=O)[nH]1. The Labute approximate surface area is 162 Å². The summed E-state index contributed by atoms with van der Waals surface area (Å²) in [6.45, 7) is 4.13. The number of carbonyl (C=O) groups excluding carboxylic acids is 1. The number of nitrogens with one attached hydrogen (secondary N) is 1. The zero-order valence-corrected chi connectivity index (χ0v) is 16.2. The molecule has 5 nitrogen and oxygen atoms in total. The van der Waals surface area contributed by atoms with E-state index in [9.17, 15) is 9.59 Å². The van der Waals surface area contributed by atoms with Crippen LogP contribution in [0, 0.1) is 0 Å². The Morgan fingerprint density at radius 3 is 2.65 bits per heavy atom. The number of pyridine rings is 1. The molecule has 0 spiro atoms. The van der Waals surface area contributed by atoms with Crippen LogP contribution in [0.2, 0.25) is 10.0 Å². The number of halogens is 2. The van der Waals surface area contributed by atoms with Gasteiger partial charge in [0.2, 0.25) is 0 Å². The zero-order valence-electron chi connectivity index (χ0n) is 14.6. The second-order valence-corrected chi connectivity index (χ2v) is 6.60. The van der Waals surface area contributed by atoms with Crippen molar-refractivity contribution in [2.75, 3.05) is 20.7 Å². The molecule has 0 saturated carbocycles. The van der Waals surface area contributed by atoms with Crippen LogP contribution in [0.1, 0.15) is 28.0 Å². The average Bonchev–Trinajstić information content (AvgIpc) is 2.63. The van der Waals surface area contributed by atoms with Gasteiger partial charge in [-0.2, -0.15) is 0 Å². The first-order chi connectivity index (χ1) is 12.4. The van der Waals surface area contributed by atoms with Gasteiger partial charge in [0.05, 0.1) is 22.7 Å². The molecular formula is C19H20Cl2N2O3. The number of aryl methyl sites for hydroxylation is 1. The molecule has 0 atom stereocenters. The smallest absolute Gasteiger partial charge is 0.291 e. The summed E-state index contributed by atoms with van der Waals surface area (Å²) in [5.74, 6) is -0.290. The number of rotatable bonds is 7. The van der Waals surface area contributed by atoms with Crippen molar-refractivity contribution >= 4 is 35.2 Å². The summed E-state index contributed by atoms with van der Waals surface area (Å²) in [5, 5.41) is 1.03. The minimum Gasteiger partial charge on any atom is -0.491 e. The number of amides is 1. The van der Waals surface area contributed by atoms with Gasteiger partial charge in [0.25, 0.3) is 11.5 Å². The third kappa shape index (κ3) is 4.68. The maximum Gasteiger partial charge on any atom is 0.291 e. The van der Waals surface area contributed by atoms with Crippen molar-refractivity contribution in [1.82, 2.24) is 9.88 Å². The zero-order chi connectivity index (χ0) is 19.3. The van der Waals surface area contributed by atoms with Crippen molar-refractivity contribution in [3.8, 4) is 5.75 Å². The van der Waals surface area contributed by atoms with Gasteiger partial charge in [-0.25, -0.2) is 0 Å². The van der Waals surface area contributed by atoms with Crippen molar-refractivity contribution in [2.24, 2.45) is 0 Å². The van der Waals surface area contributed by atoms with Crippen LogP contribution in [0.5, 0.6) is 5.75 Å². The highest BCUT2D eigenvalue weighted by Gasteiger charge is 2.20. The van der Waals surface area contributed by atoms with Gasteiger partial charge in [-0.3, -0.25) is 9.59 Å². The molecule has 2 rings (SSSR count). The van der Waals surface area contributed by atoms with Crippen LogP contribution in [0.3, 0.4) is 0 Å². The summed E-state index contributed by atoms with van der Waals surface area (Å²) in [7, 11) is 3.05. The van der Waals surface area contributed by atoms with Crippen LogP contribution in [0.4, 0.5) is 0 Å². The summed E-state index contributed by atoms with van der Waals surface area (Å²) in [4.78, 5) is 28.9. The molecule has 1 aromatic heterocycles. The highest BCUT2D eigenvalue weighted by atomic mass is 35.5. The monoisotopic (exact) mass is 394 g/mol. The molecule has 1 aromatic carbocycles. The summed E-state index contributed by atoms with van der Waals surface area (Å²) in [6, 6.07) is 7.05. The number of aromatic nitrogens is 1. The Morgan fingerprint density at radius 2 is 2.04 bits per heavy atom. The average molecular weight is 395 g/mol. The van der Waals surface area contributed by atoms with Gasteiger partial charge in [-0.1, -0.05) is 35.8 Å². The van der Waals surface area contributed by atoms with E-state index < -0.39 is 5.56 Å². The van der Waals surface area contributed by atoms with E-state index in [-0.39, 0.29) is 17.2 Å². The van der Waals surface area contributed by atoms with Crippen LogP contribution in [-0.2, 0) is 6.42 Å². The molecule has 0 aliphatic heterocycles. The van der Waals surface area contributed by atoms with Gasteiger partial charge in [0.15, 0.2) is 5.75 Å². The molecule has 0 aliphatic rings. The maximum atomic E-state index is 12.7. The molecule has 26 heavy (non-hydrogen) atoms. The molecule has 138 valence electrons. The minimum atomic E-state index is -0.461. The fourth-order valence-corrected chi connectivity index (χ4v) is 2.88. The third-order valence-electron chi connectivity index (χ3n) is 3.95. The van der Waals surface area contributed by atoms with Gasteiger partial charge in [0, 0.05) is 19.3 Å². The van der Waals surface area contributed by atoms with E-state index in [1.165, 1.54) is 13.2 Å². The van der Waals surface area contributed by atoms with Gasteiger partial charge >= 0.3 is 0 Å². The van der Waals surface area contributed by atoms with Crippen LogP contribution in [0.15, 0.2) is 35.6 Å². The highest BCUT2D eigenvalue weighted by molar-refractivity contribution is 6.42. The predicted molar refractivity (Wildman–Crippen MR) is 105 cm³/mol. The van der Waals surface area contributed by atoms with E-state index in [4.69, 9.17) is 27.9 Å². The molecule has 0 fully saturated rings. The van der Waals surface area contributed by atoms with Crippen molar-refractivity contribution < 1.29 is 9.53 Å². The molecule has 0 bridgehead atoms. The Balaban J connectivity index is 2.07. The second-order valence-electron chi connectivity index (χ2n) is 5.78. The first-order valence-corrected chi connectivity index (χ1v) is 8.76. The summed E-state index contributed by atoms with van der Waals surface area (Å²) in [5.41, 5.74) is 1.26. The van der Waals surface area contributed by atoms with Crippen molar-refractivity contribution in [2.45, 2.75) is 12.8 Å². The fraction of sp³-hybridized carbons (Fsp3) is 0.263. The normalized spacial score (nSPS) is 10.5. The summed E-state index contributed by atoms with van der Waals surface area (Å²) in [6.07, 6.45) is 2.96. The maximum absolute atomic E-state index is 12.7. The molecule has 2 aromatic rings. The predicted octanol–water partition coefficient (Wildman–Crippen LogP) is 4.04. The van der Waals surface area contributed by atoms with E-state index in [1.807, 2.05) is 12.1 Å². The van der Waals surface area contributed by atoms with E-state index in [2.05, 4.69) is 11.6 Å². The lowest BCUT2D eigenvalue weighted by Crippen LogP contribution is -2.30. The minimum absolute atomic E-state index is 0.00284. The molecule has 1 N–H and O–H groups in total. The van der Waals surface area contributed by atoms with Crippen molar-refractivity contribution in [1.29, 1.82) is 0 Å². The topological polar surface area (TPSA) is 62.4 Å². The molecule has 0 unspecified atom stereocenters. The number of carbonyl (C=O) groups is 1. The van der Waals surface area contributed by atoms with E-state index in [0.717, 1.165) is 18.4 Å². The Hall–Kier alpha value is -2.24. The number of methoxy groups -OCH3 is 1. The second kappa shape index (κ2) is 8.92. The van der Waals surface area contributed by atoms with Crippen LogP contribution in [-0.4, -0.2) is 36.5 Å². The first kappa shape index (κ1) is 20.1. The lowest BCUT2D eigenvalue weighted by atomic mass is 10.1. The van der Waals surface area contributed by atoms with Gasteiger partial charge in [0.1, 0.15) is 0 Å². The first-order valence-electron chi connectivity index (χ1n) is 8.00. The molecule has 1 heterocycles. The number of benzene rings is 1. The molecule has 1 amide bonds. The van der Waals surface area contributed by atoms with Gasteiger partial charge < -0.3 is 14.6 Å². The van der Waals surface area contributed by atoms with E-state index in [0.29, 0.717) is 22.3 Å². The molecule has 0 saturated heterocycles. The number of hydrogen-bond acceptors (Lipinski definition) is 3. The summed E-state index contributed by atoms with van der Waals surface area (Å²) < 4.78 is 5.09. The van der Waals surface area contributed by atoms with E-state index >= 15 is 0 Å². The summed E-state index contributed by atoms with van der Waals surface area (Å²) >= 11 is 11.9. The fourth-order valence-electron chi connectivity index (χ4n) is 2.56. The Kier molecular flexibility index (Phi) is 6.89. The van der Waals surface area contributed by atoms with Crippen LogP contribution in [0.25, 0.3) is 6.08 Å². The van der Waals surface area contributed by atoms with E-state index in [1.54, 1.807) is 24.1 Å². The number of hydrogen-bond donors (Lipinski definition) is 1. The number of H-pyrrole nitrogens is 1. The standard InChI is InChI=1S/C19H20Cl2N2O3/c1-4-13-11-14(17(26-3)18(24)22-13)19(25)23(2)9-5-6-12-7-8-15(20)16(21)10-12/h4,7-8,10-11H,1,5-6,9H2,2-3H3,(H,22,24). The lowest BCUT2D eigenvalue weighted by Gasteiger charge is -2.18. The molecule has 0 radical (unpaired) electrons. The Bertz CT molecular complexity index is 878. The molecule has 7 heteroatoms. The van der Waals surface area contributed by atoms with Gasteiger partial charge in [-0.15, -0.1) is 0 Å². The van der Waals surface area contributed by atoms with Crippen LogP contribution < -0.4 is 10.3 Å². The quantitative estimate of drug-likeness (QED) is 0.770. The number of nitrogens with zero attached hydrogens (tertiary/aromatic N) is 1. The largest absolute Gasteiger partial charge is 0.491 e. The van der Waals surface area contributed by atoms with Crippen LogP contribution >= 0.6 is 23.2 Å². The lowest BCUT2D eigenvalue weighted by molar-refractivity contribution is 0.0789. The number of aromatic amines is 1.